The Hall–Kier alpha value is -2.28. The van der Waals surface area contributed by atoms with E-state index in [-0.39, 0.29) is 12.3 Å². The van der Waals surface area contributed by atoms with Gasteiger partial charge in [-0.1, -0.05) is 11.3 Å². The van der Waals surface area contributed by atoms with E-state index < -0.39 is 4.92 Å². The fourth-order valence-corrected chi connectivity index (χ4v) is 1.85. The van der Waals surface area contributed by atoms with E-state index in [9.17, 15) is 10.1 Å². The van der Waals surface area contributed by atoms with Crippen LogP contribution in [0.1, 0.15) is 17.7 Å². The lowest BCUT2D eigenvalue weighted by molar-refractivity contribution is -0.385. The molecular formula is C12H14N4O3. The van der Waals surface area contributed by atoms with Gasteiger partial charge in [-0.2, -0.15) is 0 Å². The summed E-state index contributed by atoms with van der Waals surface area (Å²) in [6.07, 6.45) is 2.97. The van der Waals surface area contributed by atoms with Crippen LogP contribution >= 0.6 is 0 Å². The number of aliphatic hydroxyl groups is 1. The highest BCUT2D eigenvalue weighted by Crippen LogP contribution is 2.23. The highest BCUT2D eigenvalue weighted by molar-refractivity contribution is 5.52. The smallest absolute Gasteiger partial charge is 0.274 e. The van der Waals surface area contributed by atoms with Crippen molar-refractivity contribution in [1.82, 2.24) is 15.0 Å². The Morgan fingerprint density at radius 1 is 1.47 bits per heavy atom. The van der Waals surface area contributed by atoms with Crippen LogP contribution in [0.3, 0.4) is 0 Å². The van der Waals surface area contributed by atoms with Crippen LogP contribution in [0.2, 0.25) is 0 Å². The van der Waals surface area contributed by atoms with Crippen molar-refractivity contribution in [3.05, 3.63) is 45.8 Å². The topological polar surface area (TPSA) is 94.1 Å². The Morgan fingerprint density at radius 3 is 2.95 bits per heavy atom. The molecule has 1 aromatic heterocycles. The summed E-state index contributed by atoms with van der Waals surface area (Å²) in [6.45, 7) is 1.78. The summed E-state index contributed by atoms with van der Waals surface area (Å²) < 4.78 is 1.52. The summed E-state index contributed by atoms with van der Waals surface area (Å²) in [6, 6.07) is 4.84. The molecule has 0 aliphatic carbocycles. The molecule has 2 aromatic rings. The molecule has 100 valence electrons. The first-order valence-electron chi connectivity index (χ1n) is 5.90. The molecule has 7 nitrogen and oxygen atoms in total. The third kappa shape index (κ3) is 2.76. The quantitative estimate of drug-likeness (QED) is 0.649. The molecule has 0 fully saturated rings. The number of hydrogen-bond acceptors (Lipinski definition) is 5. The summed E-state index contributed by atoms with van der Waals surface area (Å²) in [5.74, 6) is 0. The summed E-state index contributed by atoms with van der Waals surface area (Å²) >= 11 is 0. The molecular weight excluding hydrogens is 248 g/mol. The van der Waals surface area contributed by atoms with Gasteiger partial charge in [-0.05, 0) is 25.8 Å². The lowest BCUT2D eigenvalue weighted by atomic mass is 10.1. The molecule has 0 saturated carbocycles. The van der Waals surface area contributed by atoms with Crippen molar-refractivity contribution in [1.29, 1.82) is 0 Å². The summed E-state index contributed by atoms with van der Waals surface area (Å²) in [5, 5.41) is 27.6. The molecule has 1 heterocycles. The molecule has 0 amide bonds. The highest BCUT2D eigenvalue weighted by Gasteiger charge is 2.15. The average Bonchev–Trinajstić information content (AvgIpc) is 2.84. The second-order valence-electron chi connectivity index (χ2n) is 4.16. The molecule has 0 bridgehead atoms. The lowest BCUT2D eigenvalue weighted by Gasteiger charge is -2.04. The van der Waals surface area contributed by atoms with Gasteiger partial charge in [0.05, 0.1) is 28.1 Å². The van der Waals surface area contributed by atoms with Crippen LogP contribution in [-0.2, 0) is 6.42 Å². The maximum atomic E-state index is 10.9. The van der Waals surface area contributed by atoms with Gasteiger partial charge in [0.1, 0.15) is 0 Å². The minimum Gasteiger partial charge on any atom is -0.396 e. The summed E-state index contributed by atoms with van der Waals surface area (Å²) in [5.41, 5.74) is 1.99. The van der Waals surface area contributed by atoms with Gasteiger partial charge >= 0.3 is 0 Å². The van der Waals surface area contributed by atoms with Crippen LogP contribution in [0.15, 0.2) is 24.4 Å². The van der Waals surface area contributed by atoms with Gasteiger partial charge in [0.15, 0.2) is 0 Å². The standard InChI is InChI=1S/C12H14N4O3/c1-9-11(5-2-6-12(9)16(18)19)15-8-10(13-14-15)4-3-7-17/h2,5-6,8,17H,3-4,7H2,1H3. The Labute approximate surface area is 109 Å². The number of nitro groups is 1. The van der Waals surface area contributed by atoms with Crippen molar-refractivity contribution in [2.75, 3.05) is 6.61 Å². The van der Waals surface area contributed by atoms with Crippen molar-refractivity contribution in [3.63, 3.8) is 0 Å². The number of rotatable bonds is 5. The van der Waals surface area contributed by atoms with Crippen molar-refractivity contribution < 1.29 is 10.0 Å². The number of aryl methyl sites for hydroxylation is 1. The SMILES string of the molecule is Cc1c(-n2cc(CCCO)nn2)cccc1[N+](=O)[O-]. The zero-order valence-electron chi connectivity index (χ0n) is 10.5. The van der Waals surface area contributed by atoms with Gasteiger partial charge in [0.2, 0.25) is 0 Å². The van der Waals surface area contributed by atoms with E-state index >= 15 is 0 Å². The molecule has 2 rings (SSSR count). The first kappa shape index (κ1) is 13.2. The molecule has 1 N–H and O–H groups in total. The molecule has 0 aliphatic heterocycles. The highest BCUT2D eigenvalue weighted by atomic mass is 16.6. The van der Waals surface area contributed by atoms with E-state index in [1.54, 1.807) is 25.3 Å². The Balaban J connectivity index is 2.34. The number of aromatic nitrogens is 3. The molecule has 0 radical (unpaired) electrons. The summed E-state index contributed by atoms with van der Waals surface area (Å²) in [7, 11) is 0. The van der Waals surface area contributed by atoms with Gasteiger partial charge in [-0.3, -0.25) is 10.1 Å². The minimum absolute atomic E-state index is 0.0601. The van der Waals surface area contributed by atoms with Crippen molar-refractivity contribution in [2.24, 2.45) is 0 Å². The van der Waals surface area contributed by atoms with E-state index in [0.29, 0.717) is 24.1 Å². The zero-order valence-corrected chi connectivity index (χ0v) is 10.5. The number of nitro benzene ring substituents is 1. The monoisotopic (exact) mass is 262 g/mol. The normalized spacial score (nSPS) is 10.6. The van der Waals surface area contributed by atoms with Crippen LogP contribution in [0.5, 0.6) is 0 Å². The number of benzene rings is 1. The number of aliphatic hydroxyl groups excluding tert-OH is 1. The molecule has 7 heteroatoms. The van der Waals surface area contributed by atoms with Crippen LogP contribution < -0.4 is 0 Å². The van der Waals surface area contributed by atoms with E-state index in [0.717, 1.165) is 5.69 Å². The van der Waals surface area contributed by atoms with Crippen LogP contribution in [0.4, 0.5) is 5.69 Å². The largest absolute Gasteiger partial charge is 0.396 e. The van der Waals surface area contributed by atoms with Crippen LogP contribution in [0, 0.1) is 17.0 Å². The van der Waals surface area contributed by atoms with E-state index in [1.165, 1.54) is 10.7 Å². The van der Waals surface area contributed by atoms with Gasteiger partial charge in [-0.15, -0.1) is 5.10 Å². The molecule has 0 spiro atoms. The predicted octanol–water partition coefficient (Wildman–Crippen LogP) is 1.41. The van der Waals surface area contributed by atoms with Gasteiger partial charge in [0, 0.05) is 12.7 Å². The molecule has 0 atom stereocenters. The third-order valence-corrected chi connectivity index (χ3v) is 2.85. The number of hydrogen-bond donors (Lipinski definition) is 1. The maximum Gasteiger partial charge on any atom is 0.274 e. The molecule has 0 aliphatic rings. The zero-order chi connectivity index (χ0) is 13.8. The number of nitrogens with zero attached hydrogens (tertiary/aromatic N) is 4. The molecule has 1 aromatic carbocycles. The Kier molecular flexibility index (Phi) is 3.86. The average molecular weight is 262 g/mol. The predicted molar refractivity (Wildman–Crippen MR) is 68.2 cm³/mol. The summed E-state index contributed by atoms with van der Waals surface area (Å²) in [4.78, 5) is 10.5. The lowest BCUT2D eigenvalue weighted by Crippen LogP contribution is -2.01. The van der Waals surface area contributed by atoms with Gasteiger partial charge in [0.25, 0.3) is 5.69 Å². The van der Waals surface area contributed by atoms with E-state index in [2.05, 4.69) is 10.3 Å². The molecule has 0 saturated heterocycles. The van der Waals surface area contributed by atoms with Gasteiger partial charge < -0.3 is 5.11 Å². The van der Waals surface area contributed by atoms with E-state index in [1.807, 2.05) is 0 Å². The fourth-order valence-electron chi connectivity index (χ4n) is 1.85. The Bertz CT molecular complexity index is 594. The van der Waals surface area contributed by atoms with Crippen molar-refractivity contribution in [2.45, 2.75) is 19.8 Å². The van der Waals surface area contributed by atoms with Gasteiger partial charge in [-0.25, -0.2) is 4.68 Å². The first-order chi connectivity index (χ1) is 9.13. The molecule has 0 unspecified atom stereocenters. The van der Waals surface area contributed by atoms with Crippen molar-refractivity contribution >= 4 is 5.69 Å². The molecule has 19 heavy (non-hydrogen) atoms. The minimum atomic E-state index is -0.414. The second kappa shape index (κ2) is 5.57. The van der Waals surface area contributed by atoms with Crippen molar-refractivity contribution in [3.8, 4) is 5.69 Å². The Morgan fingerprint density at radius 2 is 2.26 bits per heavy atom. The first-order valence-corrected chi connectivity index (χ1v) is 5.90. The maximum absolute atomic E-state index is 10.9. The van der Waals surface area contributed by atoms with Crippen LogP contribution in [-0.4, -0.2) is 31.6 Å². The fraction of sp³-hybridized carbons (Fsp3) is 0.333. The third-order valence-electron chi connectivity index (χ3n) is 2.85. The van der Waals surface area contributed by atoms with Crippen LogP contribution in [0.25, 0.3) is 5.69 Å². The van der Waals surface area contributed by atoms with E-state index in [4.69, 9.17) is 5.11 Å². The second-order valence-corrected chi connectivity index (χ2v) is 4.16.